The van der Waals surface area contributed by atoms with Crippen LogP contribution < -0.4 is 4.90 Å². The lowest BCUT2D eigenvalue weighted by molar-refractivity contribution is -0.137. The van der Waals surface area contributed by atoms with E-state index in [1.807, 2.05) is 4.90 Å². The SMILES string of the molecule is C#Cc1cnc(N2C[C@@H](C)N(C(=O)OC3CC4(C3)CN(Cc3ccccc3)C4)[C@@H](C)C2)nc1. The van der Waals surface area contributed by atoms with Crippen molar-refractivity contribution in [3.63, 3.8) is 0 Å². The Kier molecular flexibility index (Phi) is 5.71. The van der Waals surface area contributed by atoms with Crippen LogP contribution >= 0.6 is 0 Å². The second-order valence-electron chi connectivity index (χ2n) is 9.97. The van der Waals surface area contributed by atoms with E-state index >= 15 is 0 Å². The Labute approximate surface area is 195 Å². The summed E-state index contributed by atoms with van der Waals surface area (Å²) in [6.07, 6.45) is 10.5. The molecule has 2 saturated heterocycles. The van der Waals surface area contributed by atoms with Crippen molar-refractivity contribution >= 4 is 12.0 Å². The monoisotopic (exact) mass is 445 g/mol. The van der Waals surface area contributed by atoms with Crippen molar-refractivity contribution in [1.82, 2.24) is 19.8 Å². The van der Waals surface area contributed by atoms with E-state index in [9.17, 15) is 4.79 Å². The number of likely N-dealkylation sites (tertiary alicyclic amines) is 1. The Morgan fingerprint density at radius 3 is 2.36 bits per heavy atom. The van der Waals surface area contributed by atoms with Gasteiger partial charge in [-0.15, -0.1) is 6.42 Å². The number of nitrogens with zero attached hydrogens (tertiary/aromatic N) is 5. The van der Waals surface area contributed by atoms with Crippen LogP contribution in [0.15, 0.2) is 42.7 Å². The summed E-state index contributed by atoms with van der Waals surface area (Å²) in [6.45, 7) is 8.63. The Morgan fingerprint density at radius 2 is 1.76 bits per heavy atom. The quantitative estimate of drug-likeness (QED) is 0.674. The van der Waals surface area contributed by atoms with Crippen LogP contribution in [-0.2, 0) is 11.3 Å². The first-order chi connectivity index (χ1) is 15.9. The fourth-order valence-corrected chi connectivity index (χ4v) is 5.71. The van der Waals surface area contributed by atoms with Crippen molar-refractivity contribution in [3.05, 3.63) is 53.9 Å². The third-order valence-corrected chi connectivity index (χ3v) is 7.17. The van der Waals surface area contributed by atoms with E-state index in [1.165, 1.54) is 5.56 Å². The third kappa shape index (κ3) is 4.40. The van der Waals surface area contributed by atoms with Crippen molar-refractivity contribution in [2.45, 2.75) is 51.4 Å². The summed E-state index contributed by atoms with van der Waals surface area (Å²) in [5, 5.41) is 0. The minimum atomic E-state index is -0.196. The standard InChI is InChI=1S/C26H31N5O2/c1-4-21-12-27-24(28-13-21)30-14-19(2)31(20(3)15-30)25(32)33-23-10-26(11-23)17-29(18-26)16-22-8-6-5-7-9-22/h1,5-9,12-13,19-20,23H,10-11,14-18H2,2-3H3/t19-,20+. The van der Waals surface area contributed by atoms with E-state index in [1.54, 1.807) is 12.4 Å². The van der Waals surface area contributed by atoms with E-state index < -0.39 is 0 Å². The van der Waals surface area contributed by atoms with Crippen LogP contribution in [0.5, 0.6) is 0 Å². The normalized spacial score (nSPS) is 24.6. The molecule has 1 amide bonds. The zero-order chi connectivity index (χ0) is 23.0. The largest absolute Gasteiger partial charge is 0.446 e. The highest BCUT2D eigenvalue weighted by atomic mass is 16.6. The van der Waals surface area contributed by atoms with Crippen molar-refractivity contribution in [3.8, 4) is 12.3 Å². The van der Waals surface area contributed by atoms with Gasteiger partial charge in [0.05, 0.1) is 17.6 Å². The van der Waals surface area contributed by atoms with Crippen LogP contribution in [0.4, 0.5) is 10.7 Å². The van der Waals surface area contributed by atoms with Crippen molar-refractivity contribution in [2.75, 3.05) is 31.1 Å². The molecule has 5 rings (SSSR count). The summed E-state index contributed by atoms with van der Waals surface area (Å²) in [6, 6.07) is 10.6. The zero-order valence-corrected chi connectivity index (χ0v) is 19.4. The van der Waals surface area contributed by atoms with Gasteiger partial charge in [0.2, 0.25) is 5.95 Å². The van der Waals surface area contributed by atoms with Crippen LogP contribution in [0, 0.1) is 17.8 Å². The lowest BCUT2D eigenvalue weighted by Gasteiger charge is -2.58. The Bertz CT molecular complexity index is 1010. The first kappa shape index (κ1) is 21.7. The molecule has 172 valence electrons. The highest BCUT2D eigenvalue weighted by Gasteiger charge is 2.54. The fraction of sp³-hybridized carbons (Fsp3) is 0.500. The number of carbonyl (C=O) groups excluding carboxylic acids is 1. The number of hydrogen-bond acceptors (Lipinski definition) is 6. The molecule has 0 unspecified atom stereocenters. The average Bonchev–Trinajstić information content (AvgIpc) is 2.76. The Hall–Kier alpha value is -3.11. The van der Waals surface area contributed by atoms with Gasteiger partial charge in [-0.2, -0.15) is 0 Å². The van der Waals surface area contributed by atoms with E-state index in [4.69, 9.17) is 11.2 Å². The average molecular weight is 446 g/mol. The summed E-state index contributed by atoms with van der Waals surface area (Å²) in [7, 11) is 0. The number of ether oxygens (including phenoxy) is 1. The minimum absolute atomic E-state index is 0.0104. The van der Waals surface area contributed by atoms with E-state index in [2.05, 4.69) is 69.9 Å². The number of benzene rings is 1. The second kappa shape index (κ2) is 8.68. The summed E-state index contributed by atoms with van der Waals surface area (Å²) in [5.74, 6) is 3.18. The molecule has 2 aromatic rings. The van der Waals surface area contributed by atoms with Crippen LogP contribution in [0.25, 0.3) is 0 Å². The Morgan fingerprint density at radius 1 is 1.12 bits per heavy atom. The number of piperazine rings is 1. The molecule has 7 nitrogen and oxygen atoms in total. The molecule has 33 heavy (non-hydrogen) atoms. The molecular formula is C26H31N5O2. The summed E-state index contributed by atoms with van der Waals surface area (Å²) >= 11 is 0. The van der Waals surface area contributed by atoms with Gasteiger partial charge in [0.15, 0.2) is 0 Å². The summed E-state index contributed by atoms with van der Waals surface area (Å²) < 4.78 is 5.92. The molecule has 3 aliphatic rings. The van der Waals surface area contributed by atoms with Crippen LogP contribution in [0.3, 0.4) is 0 Å². The first-order valence-corrected chi connectivity index (χ1v) is 11.7. The van der Waals surface area contributed by atoms with Crippen LogP contribution in [-0.4, -0.2) is 70.2 Å². The number of rotatable bonds is 4. The predicted molar refractivity (Wildman–Crippen MR) is 127 cm³/mol. The third-order valence-electron chi connectivity index (χ3n) is 7.17. The maximum Gasteiger partial charge on any atom is 0.410 e. The topological polar surface area (TPSA) is 61.8 Å². The number of anilines is 1. The molecule has 7 heteroatoms. The molecule has 0 radical (unpaired) electrons. The summed E-state index contributed by atoms with van der Waals surface area (Å²) in [5.41, 5.74) is 2.36. The van der Waals surface area contributed by atoms with Gasteiger partial charge in [0.1, 0.15) is 6.10 Å². The highest BCUT2D eigenvalue weighted by molar-refractivity contribution is 5.69. The summed E-state index contributed by atoms with van der Waals surface area (Å²) in [4.78, 5) is 28.2. The molecule has 0 N–H and O–H groups in total. The number of terminal acetylenes is 1. The molecule has 3 fully saturated rings. The number of carbonyl (C=O) groups is 1. The molecule has 3 heterocycles. The molecular weight excluding hydrogens is 414 g/mol. The minimum Gasteiger partial charge on any atom is -0.446 e. The van der Waals surface area contributed by atoms with Gasteiger partial charge < -0.3 is 9.64 Å². The smallest absolute Gasteiger partial charge is 0.410 e. The maximum atomic E-state index is 13.0. The number of amides is 1. The molecule has 1 spiro atoms. The lowest BCUT2D eigenvalue weighted by Crippen LogP contribution is -2.65. The van der Waals surface area contributed by atoms with E-state index in [-0.39, 0.29) is 24.3 Å². The van der Waals surface area contributed by atoms with Crippen molar-refractivity contribution in [2.24, 2.45) is 5.41 Å². The van der Waals surface area contributed by atoms with Gasteiger partial charge in [-0.05, 0) is 32.3 Å². The molecule has 1 aromatic carbocycles. The van der Waals surface area contributed by atoms with Gasteiger partial charge >= 0.3 is 6.09 Å². The fourth-order valence-electron chi connectivity index (χ4n) is 5.71. The van der Waals surface area contributed by atoms with Gasteiger partial charge in [0, 0.05) is 50.5 Å². The van der Waals surface area contributed by atoms with Gasteiger partial charge in [0.25, 0.3) is 0 Å². The number of aromatic nitrogens is 2. The zero-order valence-electron chi connectivity index (χ0n) is 19.4. The Balaban J connectivity index is 1.09. The molecule has 1 aliphatic carbocycles. The molecule has 1 saturated carbocycles. The predicted octanol–water partition coefficient (Wildman–Crippen LogP) is 3.16. The van der Waals surface area contributed by atoms with Crippen molar-refractivity contribution < 1.29 is 9.53 Å². The molecule has 2 aliphatic heterocycles. The van der Waals surface area contributed by atoms with Crippen molar-refractivity contribution in [1.29, 1.82) is 0 Å². The molecule has 2 atom stereocenters. The van der Waals surface area contributed by atoms with Gasteiger partial charge in [-0.25, -0.2) is 14.8 Å². The lowest BCUT2D eigenvalue weighted by atomic mass is 9.61. The van der Waals surface area contributed by atoms with Crippen LogP contribution in [0.1, 0.15) is 37.8 Å². The maximum absolute atomic E-state index is 13.0. The number of hydrogen-bond donors (Lipinski definition) is 0. The first-order valence-electron chi connectivity index (χ1n) is 11.7. The van der Waals surface area contributed by atoms with Crippen LogP contribution in [0.2, 0.25) is 0 Å². The highest BCUT2D eigenvalue weighted by Crippen LogP contribution is 2.50. The van der Waals surface area contributed by atoms with E-state index in [0.717, 1.165) is 32.5 Å². The molecule has 1 aromatic heterocycles. The van der Waals surface area contributed by atoms with Gasteiger partial charge in [-0.3, -0.25) is 9.80 Å². The van der Waals surface area contributed by atoms with E-state index in [0.29, 0.717) is 30.0 Å². The molecule has 0 bridgehead atoms. The van der Waals surface area contributed by atoms with Gasteiger partial charge in [-0.1, -0.05) is 36.3 Å². The second-order valence-corrected chi connectivity index (χ2v) is 9.97.